The monoisotopic (exact) mass is 421 g/mol. The number of hydrogen-bond donors (Lipinski definition) is 1. The van der Waals surface area contributed by atoms with E-state index in [4.69, 9.17) is 21.7 Å². The summed E-state index contributed by atoms with van der Waals surface area (Å²) < 4.78 is 12.9. The van der Waals surface area contributed by atoms with Crippen LogP contribution in [0.15, 0.2) is 17.2 Å². The number of unbranched alkanes of at least 4 members (excludes halogenated alkanes) is 3. The fourth-order valence-electron chi connectivity index (χ4n) is 2.73. The van der Waals surface area contributed by atoms with Crippen molar-refractivity contribution in [3.8, 4) is 11.5 Å². The number of nitro benzene ring substituents is 1. The van der Waals surface area contributed by atoms with Crippen LogP contribution < -0.4 is 9.47 Å². The Morgan fingerprint density at radius 3 is 2.76 bits per heavy atom. The summed E-state index contributed by atoms with van der Waals surface area (Å²) in [6.45, 7) is 6.46. The maximum atomic E-state index is 11.6. The number of aromatic amines is 1. The molecular formula is C19H27N5O4S. The number of nitrogens with one attached hydrogen (secondary N) is 1. The minimum absolute atomic E-state index is 0.104. The zero-order valence-corrected chi connectivity index (χ0v) is 18.0. The van der Waals surface area contributed by atoms with Gasteiger partial charge < -0.3 is 9.47 Å². The second-order valence-electron chi connectivity index (χ2n) is 6.84. The molecule has 1 N–H and O–H groups in total. The summed E-state index contributed by atoms with van der Waals surface area (Å²) in [6.07, 6.45) is 5.54. The molecule has 10 heteroatoms. The largest absolute Gasteiger partial charge is 0.493 e. The normalized spacial score (nSPS) is 11.3. The van der Waals surface area contributed by atoms with Crippen molar-refractivity contribution in [1.82, 2.24) is 14.9 Å². The van der Waals surface area contributed by atoms with Gasteiger partial charge in [0.05, 0.1) is 24.9 Å². The lowest BCUT2D eigenvalue weighted by Crippen LogP contribution is -2.04. The molecule has 1 aromatic heterocycles. The molecule has 1 aromatic carbocycles. The number of H-pyrrole nitrogens is 1. The van der Waals surface area contributed by atoms with Crippen LogP contribution in [-0.2, 0) is 0 Å². The van der Waals surface area contributed by atoms with Crippen LogP contribution in [0.2, 0.25) is 0 Å². The van der Waals surface area contributed by atoms with Gasteiger partial charge in [-0.15, -0.1) is 0 Å². The Hall–Kier alpha value is -2.75. The predicted molar refractivity (Wildman–Crippen MR) is 114 cm³/mol. The number of benzene rings is 1. The standard InChI is InChI=1S/C19H27N5O4S/c1-5-6-7-8-9-28-17-15(24(25)26)10-14(11-16(17)27-4)12-20-23-18(13(2)3)21-22-19(23)29/h10-13H,5-9H2,1-4H3,(H,22,29)/b20-12-. The van der Waals surface area contributed by atoms with Gasteiger partial charge in [0, 0.05) is 17.5 Å². The Labute approximate surface area is 174 Å². The molecule has 0 saturated heterocycles. The minimum Gasteiger partial charge on any atom is -0.493 e. The summed E-state index contributed by atoms with van der Waals surface area (Å²) in [7, 11) is 1.45. The van der Waals surface area contributed by atoms with Crippen molar-refractivity contribution in [2.75, 3.05) is 13.7 Å². The molecule has 0 aliphatic rings. The molecular weight excluding hydrogens is 394 g/mol. The van der Waals surface area contributed by atoms with Gasteiger partial charge in [-0.3, -0.25) is 15.2 Å². The third-order valence-electron chi connectivity index (χ3n) is 4.23. The summed E-state index contributed by atoms with van der Waals surface area (Å²) in [5, 5.41) is 22.8. The van der Waals surface area contributed by atoms with E-state index in [9.17, 15) is 10.1 Å². The number of nitro groups is 1. The Bertz CT molecular complexity index is 920. The van der Waals surface area contributed by atoms with E-state index in [1.165, 1.54) is 24.1 Å². The Morgan fingerprint density at radius 2 is 2.14 bits per heavy atom. The topological polar surface area (TPSA) is 108 Å². The molecule has 158 valence electrons. The van der Waals surface area contributed by atoms with Crippen LogP contribution in [0, 0.1) is 14.9 Å². The molecule has 0 radical (unpaired) electrons. The zero-order chi connectivity index (χ0) is 21.4. The molecule has 0 atom stereocenters. The van der Waals surface area contributed by atoms with E-state index in [1.54, 1.807) is 6.07 Å². The Kier molecular flexibility index (Phi) is 8.32. The predicted octanol–water partition coefficient (Wildman–Crippen LogP) is 4.82. The quantitative estimate of drug-likeness (QED) is 0.183. The van der Waals surface area contributed by atoms with Crippen molar-refractivity contribution in [1.29, 1.82) is 0 Å². The number of hydrogen-bond acceptors (Lipinski definition) is 7. The van der Waals surface area contributed by atoms with E-state index in [0.29, 0.717) is 22.8 Å². The molecule has 0 unspecified atom stereocenters. The summed E-state index contributed by atoms with van der Waals surface area (Å²) in [6, 6.07) is 3.06. The molecule has 29 heavy (non-hydrogen) atoms. The van der Waals surface area contributed by atoms with Crippen molar-refractivity contribution in [3.05, 3.63) is 38.4 Å². The van der Waals surface area contributed by atoms with Crippen LogP contribution in [0.3, 0.4) is 0 Å². The molecule has 0 aliphatic carbocycles. The highest BCUT2D eigenvalue weighted by atomic mass is 32.1. The maximum absolute atomic E-state index is 11.6. The van der Waals surface area contributed by atoms with Gasteiger partial charge in [-0.2, -0.15) is 14.9 Å². The zero-order valence-electron chi connectivity index (χ0n) is 17.2. The Morgan fingerprint density at radius 1 is 1.38 bits per heavy atom. The summed E-state index contributed by atoms with van der Waals surface area (Å²) in [5.41, 5.74) is 0.325. The third kappa shape index (κ3) is 5.86. The smallest absolute Gasteiger partial charge is 0.315 e. The van der Waals surface area contributed by atoms with E-state index in [-0.39, 0.29) is 23.1 Å². The number of rotatable bonds is 11. The number of methoxy groups -OCH3 is 1. The summed E-state index contributed by atoms with van der Waals surface area (Å²) in [5.74, 6) is 1.19. The number of ether oxygens (including phenoxy) is 2. The molecule has 0 fully saturated rings. The van der Waals surface area contributed by atoms with E-state index in [0.717, 1.165) is 25.7 Å². The molecule has 1 heterocycles. The minimum atomic E-state index is -0.482. The highest BCUT2D eigenvalue weighted by Gasteiger charge is 2.22. The van der Waals surface area contributed by atoms with E-state index >= 15 is 0 Å². The molecule has 0 amide bonds. The van der Waals surface area contributed by atoms with Gasteiger partial charge >= 0.3 is 5.69 Å². The maximum Gasteiger partial charge on any atom is 0.315 e. The van der Waals surface area contributed by atoms with Crippen molar-refractivity contribution in [2.45, 2.75) is 52.4 Å². The van der Waals surface area contributed by atoms with Gasteiger partial charge in [0.2, 0.25) is 10.5 Å². The van der Waals surface area contributed by atoms with E-state index < -0.39 is 4.92 Å². The SMILES string of the molecule is CCCCCCOc1c(OC)cc(/C=N\n2c(C(C)C)n[nH]c2=S)cc1[N+](=O)[O-]. The number of nitrogens with zero attached hydrogens (tertiary/aromatic N) is 4. The van der Waals surface area contributed by atoms with Gasteiger partial charge in [-0.25, -0.2) is 0 Å². The lowest BCUT2D eigenvalue weighted by molar-refractivity contribution is -0.386. The Balaban J connectivity index is 2.33. The third-order valence-corrected chi connectivity index (χ3v) is 4.50. The summed E-state index contributed by atoms with van der Waals surface area (Å²) in [4.78, 5) is 11.1. The van der Waals surface area contributed by atoms with Crippen molar-refractivity contribution in [2.24, 2.45) is 5.10 Å². The van der Waals surface area contributed by atoms with Crippen LogP contribution >= 0.6 is 12.2 Å². The average molecular weight is 422 g/mol. The molecule has 0 spiro atoms. The van der Waals surface area contributed by atoms with Crippen molar-refractivity contribution < 1.29 is 14.4 Å². The van der Waals surface area contributed by atoms with Crippen LogP contribution in [0.4, 0.5) is 5.69 Å². The fourth-order valence-corrected chi connectivity index (χ4v) is 2.92. The van der Waals surface area contributed by atoms with Crippen LogP contribution in [0.5, 0.6) is 11.5 Å². The first-order chi connectivity index (χ1) is 13.9. The first kappa shape index (κ1) is 22.5. The van der Waals surface area contributed by atoms with E-state index in [1.807, 2.05) is 13.8 Å². The first-order valence-corrected chi connectivity index (χ1v) is 10.0. The second kappa shape index (κ2) is 10.7. The van der Waals surface area contributed by atoms with Gasteiger partial charge in [-0.05, 0) is 24.7 Å². The van der Waals surface area contributed by atoms with Crippen LogP contribution in [-0.4, -0.2) is 39.7 Å². The highest BCUT2D eigenvalue weighted by Crippen LogP contribution is 2.38. The van der Waals surface area contributed by atoms with Crippen molar-refractivity contribution in [3.63, 3.8) is 0 Å². The molecule has 0 aliphatic heterocycles. The summed E-state index contributed by atoms with van der Waals surface area (Å²) >= 11 is 5.20. The highest BCUT2D eigenvalue weighted by molar-refractivity contribution is 7.71. The van der Waals surface area contributed by atoms with Gasteiger partial charge in [0.15, 0.2) is 11.6 Å². The first-order valence-electron chi connectivity index (χ1n) is 9.59. The van der Waals surface area contributed by atoms with E-state index in [2.05, 4.69) is 22.2 Å². The van der Waals surface area contributed by atoms with Crippen LogP contribution in [0.25, 0.3) is 0 Å². The molecule has 0 bridgehead atoms. The van der Waals surface area contributed by atoms with Crippen molar-refractivity contribution >= 4 is 24.1 Å². The van der Waals surface area contributed by atoms with Gasteiger partial charge in [0.1, 0.15) is 0 Å². The lowest BCUT2D eigenvalue weighted by Gasteiger charge is -2.12. The average Bonchev–Trinajstić information content (AvgIpc) is 3.06. The molecule has 2 rings (SSSR count). The molecule has 9 nitrogen and oxygen atoms in total. The lowest BCUT2D eigenvalue weighted by atomic mass is 10.1. The second-order valence-corrected chi connectivity index (χ2v) is 7.22. The van der Waals surface area contributed by atoms with Gasteiger partial charge in [0.25, 0.3) is 0 Å². The van der Waals surface area contributed by atoms with Crippen LogP contribution in [0.1, 0.15) is 63.8 Å². The molecule has 2 aromatic rings. The number of aromatic nitrogens is 3. The molecule has 0 saturated carbocycles. The fraction of sp³-hybridized carbons (Fsp3) is 0.526. The van der Waals surface area contributed by atoms with Gasteiger partial charge in [-0.1, -0.05) is 40.0 Å².